The van der Waals surface area contributed by atoms with Gasteiger partial charge in [0.05, 0.1) is 6.04 Å². The van der Waals surface area contributed by atoms with Crippen molar-refractivity contribution >= 4 is 11.6 Å². The average Bonchev–Trinajstić information content (AvgIpc) is 3.10. The summed E-state index contributed by atoms with van der Waals surface area (Å²) in [6, 6.07) is 8.30. The maximum atomic E-state index is 12.1. The second-order valence-corrected chi connectivity index (χ2v) is 5.63. The molecule has 0 saturated heterocycles. The lowest BCUT2D eigenvalue weighted by atomic mass is 10.2. The van der Waals surface area contributed by atoms with Gasteiger partial charge >= 0.3 is 0 Å². The molecular formula is C16H24N2O. The summed E-state index contributed by atoms with van der Waals surface area (Å²) in [5.41, 5.74) is 2.06. The van der Waals surface area contributed by atoms with E-state index in [0.29, 0.717) is 6.04 Å². The SMILES string of the molecule is CCCC1CC1NC(C)C(=O)Nc1ccc(C)cc1. The molecule has 3 atom stereocenters. The van der Waals surface area contributed by atoms with E-state index < -0.39 is 0 Å². The van der Waals surface area contributed by atoms with Crippen molar-refractivity contribution in [1.82, 2.24) is 5.32 Å². The second kappa shape index (κ2) is 6.20. The molecule has 0 bridgehead atoms. The van der Waals surface area contributed by atoms with Gasteiger partial charge in [0.25, 0.3) is 0 Å². The van der Waals surface area contributed by atoms with E-state index in [-0.39, 0.29) is 11.9 Å². The lowest BCUT2D eigenvalue weighted by molar-refractivity contribution is -0.117. The van der Waals surface area contributed by atoms with E-state index in [4.69, 9.17) is 0 Å². The maximum Gasteiger partial charge on any atom is 0.241 e. The van der Waals surface area contributed by atoms with Crippen LogP contribution < -0.4 is 10.6 Å². The summed E-state index contributed by atoms with van der Waals surface area (Å²) in [7, 11) is 0. The zero-order chi connectivity index (χ0) is 13.8. The van der Waals surface area contributed by atoms with Crippen LogP contribution in [-0.2, 0) is 4.79 Å². The highest BCUT2D eigenvalue weighted by Gasteiger charge is 2.37. The van der Waals surface area contributed by atoms with Gasteiger partial charge in [-0.05, 0) is 44.7 Å². The molecule has 1 aromatic rings. The summed E-state index contributed by atoms with van der Waals surface area (Å²) in [5, 5.41) is 6.36. The minimum Gasteiger partial charge on any atom is -0.325 e. The fourth-order valence-electron chi connectivity index (χ4n) is 2.43. The molecule has 1 fully saturated rings. The van der Waals surface area contributed by atoms with Gasteiger partial charge < -0.3 is 10.6 Å². The number of rotatable bonds is 6. The number of nitrogens with one attached hydrogen (secondary N) is 2. The standard InChI is InChI=1S/C16H24N2O/c1-4-5-13-10-15(13)17-12(3)16(19)18-14-8-6-11(2)7-9-14/h6-9,12-13,15,17H,4-5,10H2,1-3H3,(H,18,19). The molecule has 2 N–H and O–H groups in total. The van der Waals surface area contributed by atoms with E-state index in [9.17, 15) is 4.79 Å². The fourth-order valence-corrected chi connectivity index (χ4v) is 2.43. The molecule has 0 radical (unpaired) electrons. The summed E-state index contributed by atoms with van der Waals surface area (Å²) in [6.07, 6.45) is 3.72. The molecule has 0 spiro atoms. The van der Waals surface area contributed by atoms with Crippen molar-refractivity contribution in [2.75, 3.05) is 5.32 Å². The molecule has 19 heavy (non-hydrogen) atoms. The van der Waals surface area contributed by atoms with Crippen LogP contribution in [0.15, 0.2) is 24.3 Å². The van der Waals surface area contributed by atoms with E-state index in [0.717, 1.165) is 11.6 Å². The van der Waals surface area contributed by atoms with Crippen LogP contribution in [0.3, 0.4) is 0 Å². The summed E-state index contributed by atoms with van der Waals surface area (Å²) in [5.74, 6) is 0.825. The lowest BCUT2D eigenvalue weighted by Crippen LogP contribution is -2.39. The van der Waals surface area contributed by atoms with Crippen LogP contribution in [0.5, 0.6) is 0 Å². The van der Waals surface area contributed by atoms with Gasteiger partial charge in [-0.2, -0.15) is 0 Å². The van der Waals surface area contributed by atoms with E-state index in [1.165, 1.54) is 24.8 Å². The monoisotopic (exact) mass is 260 g/mol. The predicted octanol–water partition coefficient (Wildman–Crippen LogP) is 3.10. The zero-order valence-electron chi connectivity index (χ0n) is 12.1. The van der Waals surface area contributed by atoms with Crippen molar-refractivity contribution in [1.29, 1.82) is 0 Å². The lowest BCUT2D eigenvalue weighted by Gasteiger charge is -2.14. The molecule has 1 saturated carbocycles. The number of hydrogen-bond donors (Lipinski definition) is 2. The molecule has 1 aliphatic carbocycles. The smallest absolute Gasteiger partial charge is 0.241 e. The zero-order valence-corrected chi connectivity index (χ0v) is 12.1. The number of carbonyl (C=O) groups excluding carboxylic acids is 1. The van der Waals surface area contributed by atoms with Crippen LogP contribution in [0.1, 0.15) is 38.7 Å². The third kappa shape index (κ3) is 4.06. The van der Waals surface area contributed by atoms with E-state index in [1.54, 1.807) is 0 Å². The van der Waals surface area contributed by atoms with Gasteiger partial charge in [-0.1, -0.05) is 31.0 Å². The van der Waals surface area contributed by atoms with Gasteiger partial charge in [-0.15, -0.1) is 0 Å². The third-order valence-corrected chi connectivity index (χ3v) is 3.76. The fraction of sp³-hybridized carbons (Fsp3) is 0.562. The summed E-state index contributed by atoms with van der Waals surface area (Å²) in [6.45, 7) is 6.19. The number of hydrogen-bond acceptors (Lipinski definition) is 2. The third-order valence-electron chi connectivity index (χ3n) is 3.76. The van der Waals surface area contributed by atoms with Crippen molar-refractivity contribution in [3.63, 3.8) is 0 Å². The molecule has 0 heterocycles. The first-order chi connectivity index (χ1) is 9.10. The molecular weight excluding hydrogens is 236 g/mol. The first kappa shape index (κ1) is 14.1. The highest BCUT2D eigenvalue weighted by atomic mass is 16.2. The molecule has 3 unspecified atom stereocenters. The molecule has 1 aliphatic rings. The molecule has 3 heteroatoms. The Kier molecular flexibility index (Phi) is 4.59. The van der Waals surface area contributed by atoms with Gasteiger partial charge in [-0.25, -0.2) is 0 Å². The maximum absolute atomic E-state index is 12.1. The normalized spacial score (nSPS) is 22.9. The van der Waals surface area contributed by atoms with E-state index in [2.05, 4.69) is 17.6 Å². The Balaban J connectivity index is 1.78. The van der Waals surface area contributed by atoms with Crippen LogP contribution in [0.2, 0.25) is 0 Å². The van der Waals surface area contributed by atoms with E-state index in [1.807, 2.05) is 38.1 Å². The van der Waals surface area contributed by atoms with Crippen molar-refractivity contribution < 1.29 is 4.79 Å². The topological polar surface area (TPSA) is 41.1 Å². The summed E-state index contributed by atoms with van der Waals surface area (Å²) in [4.78, 5) is 12.1. The first-order valence-corrected chi connectivity index (χ1v) is 7.23. The highest BCUT2D eigenvalue weighted by Crippen LogP contribution is 2.34. The number of carbonyl (C=O) groups is 1. The van der Waals surface area contributed by atoms with Gasteiger partial charge in [-0.3, -0.25) is 4.79 Å². The molecule has 0 aliphatic heterocycles. The van der Waals surface area contributed by atoms with Gasteiger partial charge in [0, 0.05) is 11.7 Å². The van der Waals surface area contributed by atoms with E-state index >= 15 is 0 Å². The Hall–Kier alpha value is -1.35. The largest absolute Gasteiger partial charge is 0.325 e. The van der Waals surface area contributed by atoms with Crippen molar-refractivity contribution in [3.8, 4) is 0 Å². The van der Waals surface area contributed by atoms with Crippen LogP contribution in [0.4, 0.5) is 5.69 Å². The van der Waals surface area contributed by atoms with Crippen molar-refractivity contribution in [3.05, 3.63) is 29.8 Å². The molecule has 0 aromatic heterocycles. The molecule has 1 amide bonds. The average molecular weight is 260 g/mol. The molecule has 3 nitrogen and oxygen atoms in total. The van der Waals surface area contributed by atoms with Gasteiger partial charge in [0.2, 0.25) is 5.91 Å². The Morgan fingerprint density at radius 3 is 2.68 bits per heavy atom. The van der Waals surface area contributed by atoms with Crippen LogP contribution in [-0.4, -0.2) is 18.0 Å². The molecule has 1 aromatic carbocycles. The summed E-state index contributed by atoms with van der Waals surface area (Å²) < 4.78 is 0. The second-order valence-electron chi connectivity index (χ2n) is 5.63. The summed E-state index contributed by atoms with van der Waals surface area (Å²) >= 11 is 0. The number of anilines is 1. The minimum absolute atomic E-state index is 0.0472. The van der Waals surface area contributed by atoms with Crippen molar-refractivity contribution in [2.24, 2.45) is 5.92 Å². The minimum atomic E-state index is -0.131. The number of amides is 1. The Bertz CT molecular complexity index is 427. The number of aryl methyl sites for hydroxylation is 1. The Morgan fingerprint density at radius 2 is 2.05 bits per heavy atom. The van der Waals surface area contributed by atoms with Crippen LogP contribution >= 0.6 is 0 Å². The number of benzene rings is 1. The quantitative estimate of drug-likeness (QED) is 0.825. The molecule has 2 rings (SSSR count). The van der Waals surface area contributed by atoms with Crippen molar-refractivity contribution in [2.45, 2.75) is 52.1 Å². The Labute approximate surface area is 115 Å². The van der Waals surface area contributed by atoms with Gasteiger partial charge in [0.1, 0.15) is 0 Å². The molecule has 104 valence electrons. The van der Waals surface area contributed by atoms with Gasteiger partial charge in [0.15, 0.2) is 0 Å². The first-order valence-electron chi connectivity index (χ1n) is 7.23. The Morgan fingerprint density at radius 1 is 1.37 bits per heavy atom. The van der Waals surface area contributed by atoms with Crippen LogP contribution in [0.25, 0.3) is 0 Å². The highest BCUT2D eigenvalue weighted by molar-refractivity contribution is 5.94. The predicted molar refractivity (Wildman–Crippen MR) is 79.2 cm³/mol. The van der Waals surface area contributed by atoms with Crippen LogP contribution in [0, 0.1) is 12.8 Å².